The zero-order valence-electron chi connectivity index (χ0n) is 22.8. The summed E-state index contributed by atoms with van der Waals surface area (Å²) in [7, 11) is 0. The van der Waals surface area contributed by atoms with Crippen LogP contribution in [0.1, 0.15) is 28.4 Å². The topological polar surface area (TPSA) is 60.5 Å². The molecule has 0 aromatic heterocycles. The lowest BCUT2D eigenvalue weighted by Crippen LogP contribution is -2.36. The van der Waals surface area contributed by atoms with Crippen molar-refractivity contribution in [2.75, 3.05) is 0 Å². The Bertz CT molecular complexity index is 1980. The van der Waals surface area contributed by atoms with Gasteiger partial charge in [-0.2, -0.15) is 5.26 Å². The van der Waals surface area contributed by atoms with E-state index in [1.807, 2.05) is 60.7 Å². The second-order valence-corrected chi connectivity index (χ2v) is 10.2. The van der Waals surface area contributed by atoms with Gasteiger partial charge in [0, 0.05) is 11.1 Å². The molecular formula is C38H26N4. The lowest BCUT2D eigenvalue weighted by Gasteiger charge is -2.22. The van der Waals surface area contributed by atoms with Crippen molar-refractivity contribution in [3.63, 3.8) is 0 Å². The van der Waals surface area contributed by atoms with E-state index in [4.69, 9.17) is 9.98 Å². The van der Waals surface area contributed by atoms with Crippen molar-refractivity contribution in [2.24, 2.45) is 9.98 Å². The van der Waals surface area contributed by atoms with Crippen molar-refractivity contribution < 1.29 is 0 Å². The number of rotatable bonds is 5. The molecule has 0 radical (unpaired) electrons. The van der Waals surface area contributed by atoms with Crippen LogP contribution in [0, 0.1) is 11.3 Å². The number of benzene rings is 6. The lowest BCUT2D eigenvalue weighted by molar-refractivity contribution is 0.756. The summed E-state index contributed by atoms with van der Waals surface area (Å²) in [4.78, 5) is 9.95. The van der Waals surface area contributed by atoms with Gasteiger partial charge in [-0.25, -0.2) is 9.98 Å². The summed E-state index contributed by atoms with van der Waals surface area (Å²) in [6.07, 6.45) is -0.323. The van der Waals surface area contributed by atoms with Crippen LogP contribution in [0.25, 0.3) is 33.0 Å². The number of fused-ring (bicyclic) bond motifs is 1. The number of aliphatic imine (C=N–C) groups is 2. The second-order valence-electron chi connectivity index (χ2n) is 10.2. The summed E-state index contributed by atoms with van der Waals surface area (Å²) in [5.74, 6) is 1.60. The molecule has 7 rings (SSSR count). The number of hydrogen-bond donors (Lipinski definition) is 1. The highest BCUT2D eigenvalue weighted by molar-refractivity contribution is 6.16. The first-order valence-corrected chi connectivity index (χ1v) is 13.9. The van der Waals surface area contributed by atoms with E-state index in [-0.39, 0.29) is 6.17 Å². The molecule has 1 aliphatic heterocycles. The van der Waals surface area contributed by atoms with Gasteiger partial charge in [-0.15, -0.1) is 0 Å². The molecule has 0 spiro atoms. The molecule has 198 valence electrons. The fraction of sp³-hybridized carbons (Fsp3) is 0.0263. The van der Waals surface area contributed by atoms with Crippen LogP contribution in [-0.4, -0.2) is 11.7 Å². The number of nitrogens with one attached hydrogen (secondary N) is 1. The monoisotopic (exact) mass is 538 g/mol. The Morgan fingerprint density at radius 2 is 0.929 bits per heavy atom. The van der Waals surface area contributed by atoms with Crippen LogP contribution in [0.4, 0.5) is 0 Å². The standard InChI is InChI=1S/C38H26N4/c39-25-26-15-17-27(18-16-26)32-23-24-33(35-14-8-7-13-34(32)35)28-19-21-31(22-20-28)38-41-36(29-9-3-1-4-10-29)40-37(42-38)30-11-5-2-6-12-30/h1-24,36H,(H,40,41,42). The molecule has 1 atom stereocenters. The van der Waals surface area contributed by atoms with E-state index in [9.17, 15) is 5.26 Å². The van der Waals surface area contributed by atoms with Crippen molar-refractivity contribution in [3.8, 4) is 28.3 Å². The molecule has 1 heterocycles. The molecule has 4 heteroatoms. The summed E-state index contributed by atoms with van der Waals surface area (Å²) >= 11 is 0. The molecule has 6 aromatic carbocycles. The maximum Gasteiger partial charge on any atom is 0.169 e. The molecule has 1 aliphatic rings. The second kappa shape index (κ2) is 11.0. The van der Waals surface area contributed by atoms with E-state index in [0.29, 0.717) is 5.56 Å². The van der Waals surface area contributed by atoms with Crippen LogP contribution < -0.4 is 5.32 Å². The van der Waals surface area contributed by atoms with Gasteiger partial charge >= 0.3 is 0 Å². The minimum atomic E-state index is -0.323. The Hall–Kier alpha value is -5.79. The molecule has 0 saturated heterocycles. The Labute approximate surface area is 245 Å². The smallest absolute Gasteiger partial charge is 0.169 e. The molecule has 0 fully saturated rings. The predicted octanol–water partition coefficient (Wildman–Crippen LogP) is 8.54. The van der Waals surface area contributed by atoms with Crippen molar-refractivity contribution in [1.29, 1.82) is 5.26 Å². The third kappa shape index (κ3) is 4.85. The Morgan fingerprint density at radius 1 is 0.476 bits per heavy atom. The van der Waals surface area contributed by atoms with Gasteiger partial charge < -0.3 is 5.32 Å². The van der Waals surface area contributed by atoms with Gasteiger partial charge in [0.25, 0.3) is 0 Å². The average Bonchev–Trinajstić information content (AvgIpc) is 3.08. The number of nitriles is 1. The van der Waals surface area contributed by atoms with E-state index >= 15 is 0 Å². The van der Waals surface area contributed by atoms with Crippen LogP contribution in [-0.2, 0) is 0 Å². The van der Waals surface area contributed by atoms with E-state index in [1.165, 1.54) is 16.3 Å². The Morgan fingerprint density at radius 3 is 1.48 bits per heavy atom. The first-order valence-electron chi connectivity index (χ1n) is 13.9. The molecule has 0 bridgehead atoms. The third-order valence-corrected chi connectivity index (χ3v) is 7.60. The SMILES string of the molecule is N#Cc1ccc(-c2ccc(-c3ccc(C4=NC(c5ccccc5)N=C(c5ccccc5)N4)cc3)c3ccccc23)cc1. The third-order valence-electron chi connectivity index (χ3n) is 7.60. The quantitative estimate of drug-likeness (QED) is 0.239. The first kappa shape index (κ1) is 25.2. The van der Waals surface area contributed by atoms with E-state index in [0.717, 1.165) is 45.1 Å². The highest BCUT2D eigenvalue weighted by atomic mass is 15.2. The van der Waals surface area contributed by atoms with Gasteiger partial charge in [0.15, 0.2) is 6.17 Å². The van der Waals surface area contributed by atoms with E-state index in [2.05, 4.69) is 96.3 Å². The van der Waals surface area contributed by atoms with Crippen LogP contribution in [0.3, 0.4) is 0 Å². The molecule has 1 N–H and O–H groups in total. The number of nitrogens with zero attached hydrogens (tertiary/aromatic N) is 3. The van der Waals surface area contributed by atoms with E-state index < -0.39 is 0 Å². The molecule has 42 heavy (non-hydrogen) atoms. The molecule has 1 unspecified atom stereocenters. The van der Waals surface area contributed by atoms with Gasteiger partial charge in [0.2, 0.25) is 0 Å². The number of hydrogen-bond acceptors (Lipinski definition) is 4. The molecule has 0 amide bonds. The van der Waals surface area contributed by atoms with Crippen LogP contribution in [0.15, 0.2) is 156 Å². The largest absolute Gasteiger partial charge is 0.324 e. The van der Waals surface area contributed by atoms with E-state index in [1.54, 1.807) is 0 Å². The minimum Gasteiger partial charge on any atom is -0.324 e. The normalized spacial score (nSPS) is 14.4. The number of amidine groups is 2. The summed E-state index contributed by atoms with van der Waals surface area (Å²) in [5, 5.41) is 15.0. The predicted molar refractivity (Wildman–Crippen MR) is 171 cm³/mol. The molecular weight excluding hydrogens is 512 g/mol. The lowest BCUT2D eigenvalue weighted by atomic mass is 9.91. The maximum absolute atomic E-state index is 9.20. The van der Waals surface area contributed by atoms with Crippen molar-refractivity contribution in [2.45, 2.75) is 6.17 Å². The fourth-order valence-electron chi connectivity index (χ4n) is 5.45. The van der Waals surface area contributed by atoms with Gasteiger partial charge in [-0.05, 0) is 50.7 Å². The molecule has 4 nitrogen and oxygen atoms in total. The summed E-state index contributed by atoms with van der Waals surface area (Å²) in [5.41, 5.74) is 8.28. The highest BCUT2D eigenvalue weighted by Gasteiger charge is 2.20. The van der Waals surface area contributed by atoms with Crippen molar-refractivity contribution in [1.82, 2.24) is 5.32 Å². The summed E-state index contributed by atoms with van der Waals surface area (Å²) in [6.45, 7) is 0. The fourth-order valence-corrected chi connectivity index (χ4v) is 5.45. The van der Waals surface area contributed by atoms with Crippen LogP contribution >= 0.6 is 0 Å². The van der Waals surface area contributed by atoms with Gasteiger partial charge in [-0.3, -0.25) is 0 Å². The first-order chi connectivity index (χ1) is 20.8. The Balaban J connectivity index is 1.25. The van der Waals surface area contributed by atoms with Gasteiger partial charge in [0.05, 0.1) is 11.6 Å². The average molecular weight is 539 g/mol. The molecule has 6 aromatic rings. The highest BCUT2D eigenvalue weighted by Crippen LogP contribution is 2.36. The van der Waals surface area contributed by atoms with Crippen LogP contribution in [0.5, 0.6) is 0 Å². The molecule has 0 aliphatic carbocycles. The Kier molecular flexibility index (Phi) is 6.60. The molecule has 0 saturated carbocycles. The van der Waals surface area contributed by atoms with Gasteiger partial charge in [0.1, 0.15) is 11.7 Å². The van der Waals surface area contributed by atoms with Crippen LogP contribution in [0.2, 0.25) is 0 Å². The summed E-state index contributed by atoms with van der Waals surface area (Å²) in [6, 6.07) is 51.8. The maximum atomic E-state index is 9.20. The minimum absolute atomic E-state index is 0.323. The summed E-state index contributed by atoms with van der Waals surface area (Å²) < 4.78 is 0. The van der Waals surface area contributed by atoms with Gasteiger partial charge in [-0.1, -0.05) is 133 Å². The van der Waals surface area contributed by atoms with Crippen molar-refractivity contribution in [3.05, 3.63) is 168 Å². The zero-order valence-corrected chi connectivity index (χ0v) is 22.8. The zero-order chi connectivity index (χ0) is 28.3. The van der Waals surface area contributed by atoms with Crippen molar-refractivity contribution >= 4 is 22.4 Å².